The van der Waals surface area contributed by atoms with Crippen LogP contribution in [0.25, 0.3) is 5.69 Å². The third-order valence-electron chi connectivity index (χ3n) is 2.38. The largest absolute Gasteiger partial charge is 0.292 e. The third-order valence-corrected chi connectivity index (χ3v) is 2.74. The Morgan fingerprint density at radius 3 is 2.84 bits per heavy atom. The van der Waals surface area contributed by atoms with Gasteiger partial charge >= 0.3 is 0 Å². The molecule has 0 spiro atoms. The van der Waals surface area contributed by atoms with Crippen molar-refractivity contribution >= 4 is 23.5 Å². The van der Waals surface area contributed by atoms with Crippen molar-refractivity contribution < 1.29 is 0 Å². The normalized spacial score (nSPS) is 10.8. The number of hydrogen-bond acceptors (Lipinski definition) is 4. The minimum absolute atomic E-state index is 0.0621. The van der Waals surface area contributed by atoms with Gasteiger partial charge in [0.25, 0.3) is 5.56 Å². The van der Waals surface area contributed by atoms with Gasteiger partial charge in [0.05, 0.1) is 11.9 Å². The molecule has 0 atom stereocenters. The van der Waals surface area contributed by atoms with Gasteiger partial charge in [0.2, 0.25) is 0 Å². The van der Waals surface area contributed by atoms with Crippen LogP contribution in [0.5, 0.6) is 0 Å². The molecule has 0 aliphatic carbocycles. The van der Waals surface area contributed by atoms with Crippen LogP contribution in [-0.4, -0.2) is 16.0 Å². The molecule has 1 aromatic heterocycles. The number of nitrogens with zero attached hydrogens (tertiary/aromatic N) is 3. The molecule has 0 unspecified atom stereocenters. The summed E-state index contributed by atoms with van der Waals surface area (Å²) >= 11 is 6.02. The van der Waals surface area contributed by atoms with Crippen molar-refractivity contribution in [2.75, 3.05) is 5.43 Å². The molecule has 0 amide bonds. The zero-order valence-corrected chi connectivity index (χ0v) is 11.1. The summed E-state index contributed by atoms with van der Waals surface area (Å²) in [6.07, 6.45) is 3.95. The van der Waals surface area contributed by atoms with Gasteiger partial charge in [0, 0.05) is 6.21 Å². The molecule has 1 N–H and O–H groups in total. The molecule has 0 radical (unpaired) electrons. The highest BCUT2D eigenvalue weighted by Gasteiger charge is 2.09. The first-order chi connectivity index (χ1) is 9.24. The molecule has 1 heterocycles. The molecular weight excluding hydrogens is 264 g/mol. The van der Waals surface area contributed by atoms with Gasteiger partial charge in [0.1, 0.15) is 10.7 Å². The number of benzene rings is 1. The molecule has 0 aliphatic heterocycles. The number of halogens is 1. The van der Waals surface area contributed by atoms with E-state index in [-0.39, 0.29) is 10.6 Å². The van der Waals surface area contributed by atoms with Crippen LogP contribution < -0.4 is 11.0 Å². The average molecular weight is 277 g/mol. The summed E-state index contributed by atoms with van der Waals surface area (Å²) in [5.41, 5.74) is 3.37. The predicted octanol–water partition coefficient (Wildman–Crippen LogP) is 2.69. The maximum Gasteiger partial charge on any atom is 0.292 e. The third kappa shape index (κ3) is 3.00. The molecule has 5 nitrogen and oxygen atoms in total. The summed E-state index contributed by atoms with van der Waals surface area (Å²) in [6, 6.07) is 9.09. The minimum atomic E-state index is -0.385. The Morgan fingerprint density at radius 1 is 1.42 bits per heavy atom. The fourth-order valence-corrected chi connectivity index (χ4v) is 1.64. The van der Waals surface area contributed by atoms with Crippen molar-refractivity contribution in [1.29, 1.82) is 0 Å². The van der Waals surface area contributed by atoms with E-state index in [9.17, 15) is 4.79 Å². The van der Waals surface area contributed by atoms with Crippen molar-refractivity contribution in [1.82, 2.24) is 9.78 Å². The number of rotatable bonds is 4. The van der Waals surface area contributed by atoms with Crippen LogP contribution in [0.1, 0.15) is 13.3 Å². The van der Waals surface area contributed by atoms with Crippen LogP contribution in [0.15, 0.2) is 46.4 Å². The second-order valence-corrected chi connectivity index (χ2v) is 4.13. The van der Waals surface area contributed by atoms with E-state index < -0.39 is 0 Å². The highest BCUT2D eigenvalue weighted by Crippen LogP contribution is 2.16. The number of nitrogens with one attached hydrogen (secondary N) is 1. The molecular formula is C13H13ClN4O. The fourth-order valence-electron chi connectivity index (χ4n) is 1.47. The Morgan fingerprint density at radius 2 is 2.16 bits per heavy atom. The van der Waals surface area contributed by atoms with Gasteiger partial charge in [-0.2, -0.15) is 14.9 Å². The van der Waals surface area contributed by atoms with Gasteiger partial charge in [-0.05, 0) is 18.6 Å². The second kappa shape index (κ2) is 6.15. The Bertz CT molecular complexity index is 637. The lowest BCUT2D eigenvalue weighted by molar-refractivity contribution is 0.808. The van der Waals surface area contributed by atoms with Gasteiger partial charge in [-0.1, -0.05) is 36.7 Å². The summed E-state index contributed by atoms with van der Waals surface area (Å²) in [5, 5.41) is 8.05. The van der Waals surface area contributed by atoms with Crippen LogP contribution >= 0.6 is 11.6 Å². The van der Waals surface area contributed by atoms with E-state index in [0.717, 1.165) is 6.42 Å². The Balaban J connectivity index is 2.38. The Labute approximate surface area is 115 Å². The van der Waals surface area contributed by atoms with E-state index in [1.165, 1.54) is 10.9 Å². The van der Waals surface area contributed by atoms with Crippen molar-refractivity contribution in [3.8, 4) is 5.69 Å². The van der Waals surface area contributed by atoms with Gasteiger partial charge in [-0.15, -0.1) is 0 Å². The maximum atomic E-state index is 12.1. The first kappa shape index (κ1) is 13.3. The average Bonchev–Trinajstić information content (AvgIpc) is 2.45. The monoisotopic (exact) mass is 276 g/mol. The van der Waals surface area contributed by atoms with Crippen molar-refractivity contribution in [2.24, 2.45) is 5.10 Å². The molecule has 2 aromatic rings. The molecule has 0 aliphatic rings. The topological polar surface area (TPSA) is 59.3 Å². The molecule has 98 valence electrons. The van der Waals surface area contributed by atoms with Gasteiger partial charge in [-0.25, -0.2) is 0 Å². The maximum absolute atomic E-state index is 12.1. The lowest BCUT2D eigenvalue weighted by atomic mass is 10.3. The van der Waals surface area contributed by atoms with E-state index in [4.69, 9.17) is 11.6 Å². The smallest absolute Gasteiger partial charge is 0.275 e. The summed E-state index contributed by atoms with van der Waals surface area (Å²) in [5.74, 6) is 0. The summed E-state index contributed by atoms with van der Waals surface area (Å²) in [7, 11) is 0. The fraction of sp³-hybridized carbons (Fsp3) is 0.154. The van der Waals surface area contributed by atoms with Crippen LogP contribution in [-0.2, 0) is 0 Å². The van der Waals surface area contributed by atoms with Crippen molar-refractivity contribution in [3.63, 3.8) is 0 Å². The molecule has 0 saturated heterocycles. The van der Waals surface area contributed by atoms with E-state index in [1.54, 1.807) is 18.3 Å². The first-order valence-corrected chi connectivity index (χ1v) is 6.22. The first-order valence-electron chi connectivity index (χ1n) is 5.85. The van der Waals surface area contributed by atoms with E-state index in [2.05, 4.69) is 15.6 Å². The van der Waals surface area contributed by atoms with E-state index >= 15 is 0 Å². The summed E-state index contributed by atoms with van der Waals surface area (Å²) < 4.78 is 1.25. The number of anilines is 1. The molecule has 19 heavy (non-hydrogen) atoms. The zero-order valence-electron chi connectivity index (χ0n) is 10.4. The Hall–Kier alpha value is -2.14. The number of para-hydroxylation sites is 1. The Kier molecular flexibility index (Phi) is 4.30. The molecule has 1 aromatic carbocycles. The van der Waals surface area contributed by atoms with Gasteiger partial charge in [0.15, 0.2) is 0 Å². The SMILES string of the molecule is CC/C=N\Nc1cnn(-c2ccccc2)c(=O)c1Cl. The molecule has 6 heteroatoms. The summed E-state index contributed by atoms with van der Waals surface area (Å²) in [6.45, 7) is 1.96. The lowest BCUT2D eigenvalue weighted by Crippen LogP contribution is -2.22. The van der Waals surface area contributed by atoms with Crippen molar-refractivity contribution in [3.05, 3.63) is 51.9 Å². The number of hydrogen-bond donors (Lipinski definition) is 1. The highest BCUT2D eigenvalue weighted by atomic mass is 35.5. The number of hydrazone groups is 1. The van der Waals surface area contributed by atoms with Crippen LogP contribution in [0, 0.1) is 0 Å². The van der Waals surface area contributed by atoms with Crippen LogP contribution in [0.2, 0.25) is 5.02 Å². The second-order valence-electron chi connectivity index (χ2n) is 3.76. The highest BCUT2D eigenvalue weighted by molar-refractivity contribution is 6.32. The van der Waals surface area contributed by atoms with E-state index in [0.29, 0.717) is 11.4 Å². The van der Waals surface area contributed by atoms with Gasteiger partial charge < -0.3 is 0 Å². The number of aromatic nitrogens is 2. The van der Waals surface area contributed by atoms with Crippen LogP contribution in [0.4, 0.5) is 5.69 Å². The molecule has 2 rings (SSSR count). The van der Waals surface area contributed by atoms with Crippen LogP contribution in [0.3, 0.4) is 0 Å². The molecule has 0 saturated carbocycles. The quantitative estimate of drug-likeness (QED) is 0.690. The van der Waals surface area contributed by atoms with Gasteiger partial charge in [-0.3, -0.25) is 10.2 Å². The summed E-state index contributed by atoms with van der Waals surface area (Å²) in [4.78, 5) is 12.1. The van der Waals surface area contributed by atoms with Crippen molar-refractivity contribution in [2.45, 2.75) is 13.3 Å². The standard InChI is InChI=1S/C13H13ClN4O/c1-2-8-15-17-11-9-16-18(13(19)12(11)14)10-6-4-3-5-7-10/h3-9,17H,2H2,1H3/b15-8-. The minimum Gasteiger partial charge on any atom is -0.275 e. The predicted molar refractivity (Wildman–Crippen MR) is 77.2 cm³/mol. The zero-order chi connectivity index (χ0) is 13.7. The lowest BCUT2D eigenvalue weighted by Gasteiger charge is -2.07. The molecule has 0 fully saturated rings. The van der Waals surface area contributed by atoms with E-state index in [1.807, 2.05) is 25.1 Å². The molecule has 0 bridgehead atoms.